The van der Waals surface area contributed by atoms with Crippen molar-refractivity contribution in [2.24, 2.45) is 0 Å². The topological polar surface area (TPSA) is 137 Å². The molecule has 1 aliphatic heterocycles. The number of aliphatic hydroxyl groups is 4. The highest BCUT2D eigenvalue weighted by Gasteiger charge is 2.44. The molecule has 0 unspecified atom stereocenters. The normalized spacial score (nSPS) is 27.9. The van der Waals surface area contributed by atoms with Crippen LogP contribution in [0.1, 0.15) is 10.4 Å². The van der Waals surface area contributed by atoms with Crippen LogP contribution in [0.3, 0.4) is 0 Å². The van der Waals surface area contributed by atoms with E-state index in [1.807, 2.05) is 0 Å². The SMILES string of the molecule is O=C(O)c1ccc(-c2ccc(O[C@H]3O[C@H](CO)[C@@H](O)[C@H](O)[C@@H]3O)cc2)cc1. The van der Waals surface area contributed by atoms with Gasteiger partial charge in [0, 0.05) is 0 Å². The molecule has 144 valence electrons. The van der Waals surface area contributed by atoms with E-state index in [0.717, 1.165) is 11.1 Å². The zero-order valence-electron chi connectivity index (χ0n) is 14.2. The molecule has 0 saturated carbocycles. The maximum absolute atomic E-state index is 10.9. The molecule has 27 heavy (non-hydrogen) atoms. The van der Waals surface area contributed by atoms with E-state index in [0.29, 0.717) is 5.75 Å². The maximum Gasteiger partial charge on any atom is 0.335 e. The van der Waals surface area contributed by atoms with Crippen molar-refractivity contribution in [3.05, 3.63) is 54.1 Å². The van der Waals surface area contributed by atoms with E-state index in [1.165, 1.54) is 12.1 Å². The molecule has 1 aliphatic rings. The van der Waals surface area contributed by atoms with Crippen molar-refractivity contribution in [2.45, 2.75) is 30.7 Å². The van der Waals surface area contributed by atoms with Gasteiger partial charge in [0.15, 0.2) is 0 Å². The Morgan fingerprint density at radius 3 is 1.96 bits per heavy atom. The lowest BCUT2D eigenvalue weighted by Crippen LogP contribution is -2.60. The molecule has 3 rings (SSSR count). The standard InChI is InChI=1S/C19H20O8/c20-9-14-15(21)16(22)17(23)19(27-14)26-13-7-5-11(6-8-13)10-1-3-12(4-2-10)18(24)25/h1-8,14-17,19-23H,9H2,(H,24,25)/t14-,15-,16+,17+,19+/m1/s1. The minimum Gasteiger partial charge on any atom is -0.478 e. The fraction of sp³-hybridized carbons (Fsp3) is 0.316. The Morgan fingerprint density at radius 1 is 0.889 bits per heavy atom. The van der Waals surface area contributed by atoms with Crippen LogP contribution < -0.4 is 4.74 Å². The van der Waals surface area contributed by atoms with Crippen molar-refractivity contribution in [3.8, 4) is 16.9 Å². The summed E-state index contributed by atoms with van der Waals surface area (Å²) >= 11 is 0. The van der Waals surface area contributed by atoms with Gasteiger partial charge in [-0.05, 0) is 35.4 Å². The second-order valence-electron chi connectivity index (χ2n) is 6.22. The number of ether oxygens (including phenoxy) is 2. The third-order valence-corrected chi connectivity index (χ3v) is 4.42. The van der Waals surface area contributed by atoms with Gasteiger partial charge in [0.25, 0.3) is 0 Å². The Hall–Kier alpha value is -2.49. The van der Waals surface area contributed by atoms with Gasteiger partial charge in [-0.25, -0.2) is 4.79 Å². The zero-order valence-corrected chi connectivity index (χ0v) is 14.2. The fourth-order valence-electron chi connectivity index (χ4n) is 2.83. The van der Waals surface area contributed by atoms with Gasteiger partial charge in [0.2, 0.25) is 6.29 Å². The van der Waals surface area contributed by atoms with Crippen molar-refractivity contribution in [3.63, 3.8) is 0 Å². The summed E-state index contributed by atoms with van der Waals surface area (Å²) in [6, 6.07) is 13.1. The Morgan fingerprint density at radius 2 is 1.44 bits per heavy atom. The third kappa shape index (κ3) is 4.10. The number of aliphatic hydroxyl groups excluding tert-OH is 4. The highest BCUT2D eigenvalue weighted by molar-refractivity contribution is 5.88. The molecule has 0 aromatic heterocycles. The number of carboxylic acids is 1. The highest BCUT2D eigenvalue weighted by Crippen LogP contribution is 2.27. The quantitative estimate of drug-likeness (QED) is 0.500. The molecule has 2 aromatic rings. The van der Waals surface area contributed by atoms with Crippen molar-refractivity contribution in [1.29, 1.82) is 0 Å². The lowest BCUT2D eigenvalue weighted by Gasteiger charge is -2.39. The van der Waals surface area contributed by atoms with Gasteiger partial charge in [-0.2, -0.15) is 0 Å². The van der Waals surface area contributed by atoms with Crippen molar-refractivity contribution >= 4 is 5.97 Å². The van der Waals surface area contributed by atoms with Crippen molar-refractivity contribution in [1.82, 2.24) is 0 Å². The average molecular weight is 376 g/mol. The van der Waals surface area contributed by atoms with Crippen LogP contribution in [0.2, 0.25) is 0 Å². The second kappa shape index (κ2) is 8.03. The summed E-state index contributed by atoms with van der Waals surface area (Å²) in [7, 11) is 0. The summed E-state index contributed by atoms with van der Waals surface area (Å²) in [6.07, 6.45) is -6.72. The molecule has 0 spiro atoms. The maximum atomic E-state index is 10.9. The fourth-order valence-corrected chi connectivity index (χ4v) is 2.83. The first kappa shape index (κ1) is 19.3. The van der Waals surface area contributed by atoms with Gasteiger partial charge in [-0.1, -0.05) is 24.3 Å². The lowest BCUT2D eigenvalue weighted by atomic mass is 9.99. The van der Waals surface area contributed by atoms with Crippen molar-refractivity contribution < 1.29 is 39.8 Å². The predicted octanol–water partition coefficient (Wildman–Crippen LogP) is 0.230. The molecular formula is C19H20O8. The number of rotatable bonds is 5. The number of carbonyl (C=O) groups is 1. The third-order valence-electron chi connectivity index (χ3n) is 4.42. The van der Waals surface area contributed by atoms with Gasteiger partial charge in [0.05, 0.1) is 12.2 Å². The van der Waals surface area contributed by atoms with E-state index in [2.05, 4.69) is 0 Å². The van der Waals surface area contributed by atoms with E-state index in [9.17, 15) is 25.2 Å². The smallest absolute Gasteiger partial charge is 0.335 e. The van der Waals surface area contributed by atoms with E-state index < -0.39 is 43.3 Å². The summed E-state index contributed by atoms with van der Waals surface area (Å²) in [5, 5.41) is 47.7. The molecule has 5 atom stereocenters. The Kier molecular flexibility index (Phi) is 5.73. The molecule has 8 heteroatoms. The molecular weight excluding hydrogens is 356 g/mol. The molecule has 1 fully saturated rings. The Bertz CT molecular complexity index is 771. The average Bonchev–Trinajstić information content (AvgIpc) is 2.69. The van der Waals surface area contributed by atoms with Crippen LogP contribution >= 0.6 is 0 Å². The number of carboxylic acid groups (broad SMARTS) is 1. The molecule has 5 N–H and O–H groups in total. The van der Waals surface area contributed by atoms with Crippen LogP contribution in [0.4, 0.5) is 0 Å². The molecule has 8 nitrogen and oxygen atoms in total. The van der Waals surface area contributed by atoms with Crippen LogP contribution in [-0.4, -0.2) is 68.8 Å². The summed E-state index contributed by atoms with van der Waals surface area (Å²) in [5.74, 6) is -0.643. The van der Waals surface area contributed by atoms with E-state index in [-0.39, 0.29) is 5.56 Å². The van der Waals surface area contributed by atoms with Crippen LogP contribution in [0.5, 0.6) is 5.75 Å². The minimum atomic E-state index is -1.51. The lowest BCUT2D eigenvalue weighted by molar-refractivity contribution is -0.277. The predicted molar refractivity (Wildman–Crippen MR) is 93.2 cm³/mol. The molecule has 0 radical (unpaired) electrons. The zero-order chi connectivity index (χ0) is 19.6. The number of hydrogen-bond acceptors (Lipinski definition) is 7. The largest absolute Gasteiger partial charge is 0.478 e. The van der Waals surface area contributed by atoms with Gasteiger partial charge in [-0.3, -0.25) is 0 Å². The number of benzene rings is 2. The summed E-state index contributed by atoms with van der Waals surface area (Å²) in [4.78, 5) is 10.9. The van der Waals surface area contributed by atoms with Crippen LogP contribution in [0.25, 0.3) is 11.1 Å². The first-order valence-corrected chi connectivity index (χ1v) is 8.31. The van der Waals surface area contributed by atoms with Gasteiger partial charge >= 0.3 is 5.97 Å². The van der Waals surface area contributed by atoms with Gasteiger partial charge in [-0.15, -0.1) is 0 Å². The van der Waals surface area contributed by atoms with E-state index in [1.54, 1.807) is 36.4 Å². The molecule has 0 amide bonds. The van der Waals surface area contributed by atoms with Crippen molar-refractivity contribution in [2.75, 3.05) is 6.61 Å². The Labute approximate surface area is 154 Å². The molecule has 0 aliphatic carbocycles. The number of hydrogen-bond donors (Lipinski definition) is 5. The van der Waals surface area contributed by atoms with E-state index >= 15 is 0 Å². The number of aromatic carboxylic acids is 1. The molecule has 1 heterocycles. The van der Waals surface area contributed by atoms with Crippen LogP contribution in [-0.2, 0) is 4.74 Å². The van der Waals surface area contributed by atoms with Crippen LogP contribution in [0, 0.1) is 0 Å². The Balaban J connectivity index is 1.71. The summed E-state index contributed by atoms with van der Waals surface area (Å²) in [5.41, 5.74) is 1.84. The van der Waals surface area contributed by atoms with Gasteiger partial charge in [0.1, 0.15) is 30.2 Å². The first-order chi connectivity index (χ1) is 12.9. The second-order valence-corrected chi connectivity index (χ2v) is 6.22. The van der Waals surface area contributed by atoms with E-state index in [4.69, 9.17) is 14.6 Å². The molecule has 2 aromatic carbocycles. The molecule has 1 saturated heterocycles. The monoisotopic (exact) mass is 376 g/mol. The summed E-state index contributed by atoms with van der Waals surface area (Å²) in [6.45, 7) is -0.532. The summed E-state index contributed by atoms with van der Waals surface area (Å²) < 4.78 is 10.8. The van der Waals surface area contributed by atoms with Crippen LogP contribution in [0.15, 0.2) is 48.5 Å². The first-order valence-electron chi connectivity index (χ1n) is 8.31. The van der Waals surface area contributed by atoms with Gasteiger partial charge < -0.3 is 35.0 Å². The highest BCUT2D eigenvalue weighted by atomic mass is 16.7. The minimum absolute atomic E-state index is 0.196. The molecule has 0 bridgehead atoms.